The van der Waals surface area contributed by atoms with E-state index in [1.165, 1.54) is 12.7 Å². The molecule has 0 bridgehead atoms. The van der Waals surface area contributed by atoms with Gasteiger partial charge in [0.25, 0.3) is 0 Å². The van der Waals surface area contributed by atoms with Crippen LogP contribution in [-0.2, 0) is 19.9 Å². The number of esters is 1. The van der Waals surface area contributed by atoms with Gasteiger partial charge in [0.15, 0.2) is 0 Å². The number of ether oxygens (including phenoxy) is 1. The van der Waals surface area contributed by atoms with Crippen molar-refractivity contribution < 1.29 is 19.4 Å². The Labute approximate surface area is 162 Å². The molecule has 2 unspecified atom stereocenters. The molecule has 0 saturated heterocycles. The zero-order valence-corrected chi connectivity index (χ0v) is 16.4. The molecule has 2 aliphatic carbocycles. The normalized spacial score (nSPS) is 23.9. The van der Waals surface area contributed by atoms with E-state index in [2.05, 4.69) is 29.0 Å². The molecule has 0 radical (unpaired) electrons. The summed E-state index contributed by atoms with van der Waals surface area (Å²) in [6.45, 7) is 0. The Hall–Kier alpha value is -1.68. The lowest BCUT2D eigenvalue weighted by Crippen LogP contribution is -2.33. The number of benzene rings is 1. The van der Waals surface area contributed by atoms with Crippen molar-refractivity contribution in [2.24, 2.45) is 5.92 Å². The van der Waals surface area contributed by atoms with Crippen LogP contribution in [0.1, 0.15) is 87.7 Å². The second-order valence-electron chi connectivity index (χ2n) is 8.25. The number of unbranched alkanes of at least 4 members (excludes halogenated alkanes) is 3. The van der Waals surface area contributed by atoms with Crippen LogP contribution < -0.4 is 0 Å². The topological polar surface area (TPSA) is 63.6 Å². The van der Waals surface area contributed by atoms with Gasteiger partial charge >= 0.3 is 5.97 Å². The van der Waals surface area contributed by atoms with Crippen LogP contribution in [0.25, 0.3) is 0 Å². The minimum atomic E-state index is -0.617. The minimum absolute atomic E-state index is 0.128. The Bertz CT molecular complexity index is 645. The van der Waals surface area contributed by atoms with Crippen LogP contribution in [0.15, 0.2) is 24.3 Å². The van der Waals surface area contributed by atoms with E-state index < -0.39 is 5.60 Å². The Morgan fingerprint density at radius 1 is 1.15 bits per heavy atom. The quantitative estimate of drug-likeness (QED) is 0.507. The van der Waals surface area contributed by atoms with E-state index in [1.807, 2.05) is 0 Å². The van der Waals surface area contributed by atoms with Crippen LogP contribution >= 0.6 is 0 Å². The highest BCUT2D eigenvalue weighted by Crippen LogP contribution is 2.43. The van der Waals surface area contributed by atoms with Gasteiger partial charge in [0.1, 0.15) is 5.78 Å². The largest absolute Gasteiger partial charge is 0.469 e. The number of aliphatic hydroxyl groups is 1. The molecule has 2 atom stereocenters. The fraction of sp³-hybridized carbons (Fsp3) is 0.652. The van der Waals surface area contributed by atoms with Crippen molar-refractivity contribution in [2.45, 2.75) is 82.1 Å². The van der Waals surface area contributed by atoms with E-state index >= 15 is 0 Å². The highest BCUT2D eigenvalue weighted by atomic mass is 16.5. The van der Waals surface area contributed by atoms with E-state index in [4.69, 9.17) is 0 Å². The van der Waals surface area contributed by atoms with Gasteiger partial charge in [0.2, 0.25) is 0 Å². The predicted molar refractivity (Wildman–Crippen MR) is 104 cm³/mol. The van der Waals surface area contributed by atoms with Gasteiger partial charge in [-0.3, -0.25) is 9.59 Å². The van der Waals surface area contributed by atoms with Crippen molar-refractivity contribution in [3.05, 3.63) is 35.4 Å². The fourth-order valence-electron chi connectivity index (χ4n) is 4.60. The van der Waals surface area contributed by atoms with E-state index in [9.17, 15) is 14.7 Å². The number of ketones is 1. The Kier molecular flexibility index (Phi) is 6.69. The summed E-state index contributed by atoms with van der Waals surface area (Å²) in [7, 11) is 1.42. The fourth-order valence-corrected chi connectivity index (χ4v) is 4.60. The van der Waals surface area contributed by atoms with Gasteiger partial charge in [0, 0.05) is 18.8 Å². The third-order valence-corrected chi connectivity index (χ3v) is 6.53. The molecule has 3 rings (SSSR count). The number of rotatable bonds is 9. The summed E-state index contributed by atoms with van der Waals surface area (Å²) in [6, 6.07) is 8.36. The van der Waals surface area contributed by atoms with Crippen LogP contribution in [0.2, 0.25) is 0 Å². The monoisotopic (exact) mass is 372 g/mol. The summed E-state index contributed by atoms with van der Waals surface area (Å²) in [5.74, 6) is 0.702. The molecule has 4 nitrogen and oxygen atoms in total. The molecule has 27 heavy (non-hydrogen) atoms. The summed E-state index contributed by atoms with van der Waals surface area (Å²) in [5, 5.41) is 10.5. The molecule has 2 saturated carbocycles. The first-order valence-electron chi connectivity index (χ1n) is 10.5. The van der Waals surface area contributed by atoms with Crippen LogP contribution in [0.4, 0.5) is 0 Å². The van der Waals surface area contributed by atoms with Gasteiger partial charge in [-0.05, 0) is 55.6 Å². The zero-order valence-electron chi connectivity index (χ0n) is 16.4. The van der Waals surface area contributed by atoms with Gasteiger partial charge in [-0.15, -0.1) is 0 Å². The van der Waals surface area contributed by atoms with Crippen molar-refractivity contribution in [3.63, 3.8) is 0 Å². The van der Waals surface area contributed by atoms with Crippen LogP contribution in [0.3, 0.4) is 0 Å². The number of hydrogen-bond donors (Lipinski definition) is 1. The Morgan fingerprint density at radius 2 is 1.85 bits per heavy atom. The van der Waals surface area contributed by atoms with E-state index in [-0.39, 0.29) is 11.9 Å². The van der Waals surface area contributed by atoms with Crippen LogP contribution in [0, 0.1) is 5.92 Å². The van der Waals surface area contributed by atoms with Crippen LogP contribution in [-0.4, -0.2) is 24.0 Å². The number of carbonyl (C=O) groups is 2. The molecule has 0 aromatic heterocycles. The predicted octanol–water partition coefficient (Wildman–Crippen LogP) is 4.63. The van der Waals surface area contributed by atoms with Crippen LogP contribution in [0.5, 0.6) is 0 Å². The van der Waals surface area contributed by atoms with Crippen molar-refractivity contribution in [1.82, 2.24) is 0 Å². The van der Waals surface area contributed by atoms with E-state index in [0.29, 0.717) is 24.5 Å². The van der Waals surface area contributed by atoms with Gasteiger partial charge in [-0.25, -0.2) is 0 Å². The summed E-state index contributed by atoms with van der Waals surface area (Å²) >= 11 is 0. The van der Waals surface area contributed by atoms with Crippen molar-refractivity contribution in [1.29, 1.82) is 0 Å². The average Bonchev–Trinajstić information content (AvgIpc) is 3.03. The lowest BCUT2D eigenvalue weighted by atomic mass is 9.74. The molecule has 1 N–H and O–H groups in total. The maximum atomic E-state index is 12.4. The number of methoxy groups -OCH3 is 1. The van der Waals surface area contributed by atoms with E-state index in [0.717, 1.165) is 63.4 Å². The number of Topliss-reactive ketones (excluding diaryl/α,β-unsaturated/α-hetero) is 1. The lowest BCUT2D eigenvalue weighted by molar-refractivity contribution is -0.140. The smallest absolute Gasteiger partial charge is 0.305 e. The summed E-state index contributed by atoms with van der Waals surface area (Å²) in [4.78, 5) is 23.5. The SMILES string of the molecule is COC(=O)CCCCCCC1C(=O)CCC1c1ccc(C2(O)CCC2)cc1. The molecule has 2 fully saturated rings. The molecular weight excluding hydrogens is 340 g/mol. The Morgan fingerprint density at radius 3 is 2.48 bits per heavy atom. The molecule has 0 aliphatic heterocycles. The first-order valence-corrected chi connectivity index (χ1v) is 10.5. The molecule has 1 aromatic carbocycles. The summed E-state index contributed by atoms with van der Waals surface area (Å²) in [6.07, 6.45) is 9.81. The first kappa shape index (κ1) is 20.1. The lowest BCUT2D eigenvalue weighted by Gasteiger charge is -2.37. The molecular formula is C23H32O4. The number of carbonyl (C=O) groups excluding carboxylic acids is 2. The molecule has 0 amide bonds. The van der Waals surface area contributed by atoms with Gasteiger partial charge in [-0.2, -0.15) is 0 Å². The van der Waals surface area contributed by atoms with Crippen molar-refractivity contribution >= 4 is 11.8 Å². The van der Waals surface area contributed by atoms with Gasteiger partial charge in [-0.1, -0.05) is 43.5 Å². The number of hydrogen-bond acceptors (Lipinski definition) is 4. The molecule has 0 spiro atoms. The summed E-state index contributed by atoms with van der Waals surface area (Å²) in [5.41, 5.74) is 1.64. The Balaban J connectivity index is 1.49. The highest BCUT2D eigenvalue weighted by Gasteiger charge is 2.37. The standard InChI is InChI=1S/C23H32O4/c1-27-22(25)8-5-3-2-4-7-20-19(13-14-21(20)24)17-9-11-18(12-10-17)23(26)15-6-16-23/h9-12,19-20,26H,2-8,13-16H2,1H3. The average molecular weight is 373 g/mol. The van der Waals surface area contributed by atoms with Crippen molar-refractivity contribution in [2.75, 3.05) is 7.11 Å². The molecule has 4 heteroatoms. The molecule has 148 valence electrons. The third-order valence-electron chi connectivity index (χ3n) is 6.53. The third kappa shape index (κ3) is 4.78. The van der Waals surface area contributed by atoms with E-state index in [1.54, 1.807) is 0 Å². The van der Waals surface area contributed by atoms with Gasteiger partial charge in [0.05, 0.1) is 12.7 Å². The molecule has 1 aromatic rings. The maximum absolute atomic E-state index is 12.4. The minimum Gasteiger partial charge on any atom is -0.469 e. The van der Waals surface area contributed by atoms with Crippen molar-refractivity contribution in [3.8, 4) is 0 Å². The second-order valence-corrected chi connectivity index (χ2v) is 8.25. The maximum Gasteiger partial charge on any atom is 0.305 e. The first-order chi connectivity index (χ1) is 13.0. The molecule has 2 aliphatic rings. The highest BCUT2D eigenvalue weighted by molar-refractivity contribution is 5.84. The summed E-state index contributed by atoms with van der Waals surface area (Å²) < 4.78 is 4.66. The molecule has 0 heterocycles. The van der Waals surface area contributed by atoms with Gasteiger partial charge < -0.3 is 9.84 Å². The zero-order chi connectivity index (χ0) is 19.3. The second kappa shape index (κ2) is 9.01.